The second kappa shape index (κ2) is 9.37. The van der Waals surface area contributed by atoms with Crippen LogP contribution in [0.3, 0.4) is 0 Å². The summed E-state index contributed by atoms with van der Waals surface area (Å²) >= 11 is 0. The fraction of sp³-hybridized carbons (Fsp3) is 0.250. The van der Waals surface area contributed by atoms with Gasteiger partial charge in [-0.15, -0.1) is 0 Å². The molecule has 36 heavy (non-hydrogen) atoms. The first kappa shape index (κ1) is 22.2. The van der Waals surface area contributed by atoms with Gasteiger partial charge in [-0.2, -0.15) is 0 Å². The zero-order valence-electron chi connectivity index (χ0n) is 20.2. The Morgan fingerprint density at radius 2 is 1.83 bits per heavy atom. The number of aromatic nitrogens is 4. The maximum Gasteiger partial charge on any atom is 0.253 e. The number of nitrogens with one attached hydrogen (secondary N) is 1. The third-order valence-corrected chi connectivity index (χ3v) is 6.68. The molecule has 1 aliphatic rings. The largest absolute Gasteiger partial charge is 0.487 e. The van der Waals surface area contributed by atoms with E-state index >= 15 is 0 Å². The number of aryl methyl sites for hydroxylation is 1. The fourth-order valence-electron chi connectivity index (χ4n) is 4.73. The first-order chi connectivity index (χ1) is 17.6. The summed E-state index contributed by atoms with van der Waals surface area (Å²) < 4.78 is 7.94. The van der Waals surface area contributed by atoms with Gasteiger partial charge in [0.05, 0.1) is 16.7 Å². The molecule has 1 saturated heterocycles. The van der Waals surface area contributed by atoms with Gasteiger partial charge >= 0.3 is 0 Å². The van der Waals surface area contributed by atoms with E-state index in [1.54, 1.807) is 0 Å². The van der Waals surface area contributed by atoms with Crippen molar-refractivity contribution in [1.82, 2.24) is 24.3 Å². The van der Waals surface area contributed by atoms with Crippen LogP contribution in [0, 0.1) is 6.92 Å². The number of hydrogen-bond acceptors (Lipinski definition) is 5. The van der Waals surface area contributed by atoms with Gasteiger partial charge in [0.15, 0.2) is 0 Å². The fourth-order valence-corrected chi connectivity index (χ4v) is 4.73. The van der Waals surface area contributed by atoms with Gasteiger partial charge in [0, 0.05) is 44.1 Å². The molecule has 0 saturated carbocycles. The van der Waals surface area contributed by atoms with Crippen molar-refractivity contribution < 1.29 is 9.53 Å². The minimum Gasteiger partial charge on any atom is -0.487 e. The number of benzene rings is 2. The van der Waals surface area contributed by atoms with E-state index < -0.39 is 0 Å². The molecule has 1 fully saturated rings. The van der Waals surface area contributed by atoms with Crippen LogP contribution in [0.2, 0.25) is 0 Å². The zero-order valence-corrected chi connectivity index (χ0v) is 20.2. The van der Waals surface area contributed by atoms with Crippen molar-refractivity contribution in [3.8, 4) is 5.75 Å². The number of rotatable bonds is 5. The number of aromatic amines is 1. The summed E-state index contributed by atoms with van der Waals surface area (Å²) in [5, 5.41) is 0. The average Bonchev–Trinajstić information content (AvgIpc) is 3.45. The summed E-state index contributed by atoms with van der Waals surface area (Å²) in [6.45, 7) is 5.40. The molecule has 8 heteroatoms. The molecule has 5 aromatic rings. The molecule has 0 atom stereocenters. The van der Waals surface area contributed by atoms with Crippen molar-refractivity contribution in [1.29, 1.82) is 0 Å². The number of carbonyl (C=O) groups excluding carboxylic acids is 1. The molecule has 1 amide bonds. The van der Waals surface area contributed by atoms with Crippen molar-refractivity contribution in [3.05, 3.63) is 89.9 Å². The number of carbonyl (C=O) groups is 1. The van der Waals surface area contributed by atoms with E-state index in [1.807, 2.05) is 89.3 Å². The van der Waals surface area contributed by atoms with Gasteiger partial charge < -0.3 is 23.9 Å². The van der Waals surface area contributed by atoms with Gasteiger partial charge in [0.25, 0.3) is 5.91 Å². The highest BCUT2D eigenvalue weighted by Crippen LogP contribution is 2.20. The molecule has 8 nitrogen and oxygen atoms in total. The Labute approximate surface area is 209 Å². The number of ether oxygens (including phenoxy) is 1. The maximum atomic E-state index is 13.2. The van der Waals surface area contributed by atoms with Gasteiger partial charge in [-0.1, -0.05) is 18.2 Å². The van der Waals surface area contributed by atoms with Crippen LogP contribution >= 0.6 is 0 Å². The Hall–Kier alpha value is -4.33. The van der Waals surface area contributed by atoms with E-state index in [2.05, 4.69) is 14.9 Å². The molecule has 0 unspecified atom stereocenters. The Bertz CT molecular complexity index is 1490. The minimum absolute atomic E-state index is 0.0452. The van der Waals surface area contributed by atoms with E-state index in [9.17, 15) is 4.79 Å². The van der Waals surface area contributed by atoms with Crippen molar-refractivity contribution in [2.24, 2.45) is 0 Å². The normalized spacial score (nSPS) is 14.4. The smallest absolute Gasteiger partial charge is 0.253 e. The van der Waals surface area contributed by atoms with Gasteiger partial charge in [-0.05, 0) is 61.4 Å². The maximum absolute atomic E-state index is 13.2. The molecule has 182 valence electrons. The highest BCUT2D eigenvalue weighted by Gasteiger charge is 2.22. The molecular formula is C28H28N6O2. The van der Waals surface area contributed by atoms with Crippen LogP contribution in [0.15, 0.2) is 73.1 Å². The number of anilines is 1. The summed E-state index contributed by atoms with van der Waals surface area (Å²) in [7, 11) is 0. The van der Waals surface area contributed by atoms with Crippen molar-refractivity contribution in [3.63, 3.8) is 0 Å². The van der Waals surface area contributed by atoms with Crippen LogP contribution in [0.25, 0.3) is 16.7 Å². The SMILES string of the molecule is Cc1cccn2cc(COc3ccc(C(=O)N4CCCN(c5nc6ccccc6[nH]5)CC4)cc3)nc12. The topological polar surface area (TPSA) is 78.8 Å². The second-order valence-electron chi connectivity index (χ2n) is 9.18. The summed E-state index contributed by atoms with van der Waals surface area (Å²) in [5.41, 5.74) is 5.59. The standard InChI is InChI=1S/C28H28N6O2/c1-20-6-4-13-34-18-22(29-26(20)34)19-36-23-11-9-21(10-12-23)27(35)32-14-5-15-33(17-16-32)28-30-24-7-2-3-8-25(24)31-28/h2-4,6-13,18H,5,14-17,19H2,1H3,(H,30,31). The van der Waals surface area contributed by atoms with Crippen molar-refractivity contribution in [2.75, 3.05) is 31.1 Å². The van der Waals surface area contributed by atoms with Crippen LogP contribution in [-0.4, -0.2) is 56.3 Å². The minimum atomic E-state index is 0.0452. The number of hydrogen-bond donors (Lipinski definition) is 1. The quantitative estimate of drug-likeness (QED) is 0.402. The predicted octanol–water partition coefficient (Wildman–Crippen LogP) is 4.45. The molecule has 0 radical (unpaired) electrons. The van der Waals surface area contributed by atoms with Crippen LogP contribution < -0.4 is 9.64 Å². The molecule has 6 rings (SSSR count). The van der Waals surface area contributed by atoms with Crippen molar-refractivity contribution >= 4 is 28.5 Å². The number of H-pyrrole nitrogens is 1. The lowest BCUT2D eigenvalue weighted by molar-refractivity contribution is 0.0767. The van der Waals surface area contributed by atoms with E-state index in [-0.39, 0.29) is 5.91 Å². The van der Waals surface area contributed by atoms with E-state index in [4.69, 9.17) is 9.72 Å². The lowest BCUT2D eigenvalue weighted by Gasteiger charge is -2.22. The summed E-state index contributed by atoms with van der Waals surface area (Å²) in [6, 6.07) is 19.5. The van der Waals surface area contributed by atoms with Crippen LogP contribution in [-0.2, 0) is 6.61 Å². The van der Waals surface area contributed by atoms with Crippen LogP contribution in [0.4, 0.5) is 5.95 Å². The van der Waals surface area contributed by atoms with Crippen LogP contribution in [0.1, 0.15) is 28.0 Å². The number of pyridine rings is 1. The number of nitrogens with zero attached hydrogens (tertiary/aromatic N) is 5. The van der Waals surface area contributed by atoms with E-state index in [0.717, 1.165) is 59.9 Å². The monoisotopic (exact) mass is 480 g/mol. The lowest BCUT2D eigenvalue weighted by Crippen LogP contribution is -2.35. The molecule has 0 aliphatic carbocycles. The summed E-state index contributed by atoms with van der Waals surface area (Å²) in [6.07, 6.45) is 4.86. The molecule has 0 bridgehead atoms. The summed E-state index contributed by atoms with van der Waals surface area (Å²) in [5.74, 6) is 1.63. The van der Waals surface area contributed by atoms with Gasteiger partial charge in [-0.25, -0.2) is 9.97 Å². The third-order valence-electron chi connectivity index (χ3n) is 6.68. The lowest BCUT2D eigenvalue weighted by atomic mass is 10.2. The molecule has 3 aromatic heterocycles. The van der Waals surface area contributed by atoms with Gasteiger partial charge in [0.2, 0.25) is 5.95 Å². The van der Waals surface area contributed by atoms with Crippen LogP contribution in [0.5, 0.6) is 5.75 Å². The van der Waals surface area contributed by atoms with Crippen molar-refractivity contribution in [2.45, 2.75) is 20.0 Å². The first-order valence-electron chi connectivity index (χ1n) is 12.3. The number of imidazole rings is 2. The molecule has 1 N–H and O–H groups in total. The Morgan fingerprint density at radius 3 is 2.67 bits per heavy atom. The number of fused-ring (bicyclic) bond motifs is 2. The second-order valence-corrected chi connectivity index (χ2v) is 9.18. The number of amides is 1. The predicted molar refractivity (Wildman–Crippen MR) is 140 cm³/mol. The molecular weight excluding hydrogens is 452 g/mol. The summed E-state index contributed by atoms with van der Waals surface area (Å²) in [4.78, 5) is 30.1. The first-order valence-corrected chi connectivity index (χ1v) is 12.3. The molecule has 0 spiro atoms. The third kappa shape index (κ3) is 4.37. The number of para-hydroxylation sites is 2. The highest BCUT2D eigenvalue weighted by molar-refractivity contribution is 5.94. The van der Waals surface area contributed by atoms with E-state index in [0.29, 0.717) is 24.5 Å². The molecule has 1 aliphatic heterocycles. The van der Waals surface area contributed by atoms with Gasteiger partial charge in [-0.3, -0.25) is 4.79 Å². The van der Waals surface area contributed by atoms with Gasteiger partial charge in [0.1, 0.15) is 18.0 Å². The average molecular weight is 481 g/mol. The Kier molecular flexibility index (Phi) is 5.77. The Balaban J connectivity index is 1.07. The zero-order chi connectivity index (χ0) is 24.5. The van der Waals surface area contributed by atoms with E-state index in [1.165, 1.54) is 0 Å². The highest BCUT2D eigenvalue weighted by atomic mass is 16.5. The molecule has 2 aromatic carbocycles. The molecule has 4 heterocycles. The Morgan fingerprint density at radius 1 is 0.972 bits per heavy atom.